The number of benzene rings is 1. The number of amides is 1. The van der Waals surface area contributed by atoms with Crippen LogP contribution in [0.1, 0.15) is 25.3 Å². The van der Waals surface area contributed by atoms with Crippen LogP contribution in [0.4, 0.5) is 15.1 Å². The normalized spacial score (nSPS) is 14.3. The van der Waals surface area contributed by atoms with E-state index in [2.05, 4.69) is 25.0 Å². The lowest BCUT2D eigenvalue weighted by Gasteiger charge is -2.27. The number of oxime groups is 1. The molecule has 10 nitrogen and oxygen atoms in total. The van der Waals surface area contributed by atoms with Crippen molar-refractivity contribution in [1.82, 2.24) is 15.3 Å². The summed E-state index contributed by atoms with van der Waals surface area (Å²) in [4.78, 5) is 30.3. The van der Waals surface area contributed by atoms with Gasteiger partial charge in [0.25, 0.3) is 0 Å². The van der Waals surface area contributed by atoms with E-state index in [-0.39, 0.29) is 18.1 Å². The zero-order valence-corrected chi connectivity index (χ0v) is 17.1. The first-order chi connectivity index (χ1) is 15.0. The van der Waals surface area contributed by atoms with Gasteiger partial charge in [0.1, 0.15) is 12.4 Å². The molecule has 164 valence electrons. The molecule has 1 aliphatic rings. The summed E-state index contributed by atoms with van der Waals surface area (Å²) < 4.78 is 14.9. The third-order valence-corrected chi connectivity index (χ3v) is 4.63. The fourth-order valence-corrected chi connectivity index (χ4v) is 3.08. The first-order valence-electron chi connectivity index (χ1n) is 9.80. The SMILES string of the molecule is CCON=C1CCN(c2ncc(-c3cccc(CN=C(N)NC(=O)O)c3F)cn2)CC1. The second-order valence-corrected chi connectivity index (χ2v) is 6.74. The Hall–Kier alpha value is -3.76. The quantitative estimate of drug-likeness (QED) is 0.364. The van der Waals surface area contributed by atoms with Crippen LogP contribution in [0.2, 0.25) is 0 Å². The number of carbonyl (C=O) groups is 1. The lowest BCUT2D eigenvalue weighted by molar-refractivity contribution is 0.157. The lowest BCUT2D eigenvalue weighted by Crippen LogP contribution is -2.35. The third-order valence-electron chi connectivity index (χ3n) is 4.63. The number of aliphatic imine (C=N–C) groups is 1. The van der Waals surface area contributed by atoms with Gasteiger partial charge in [0, 0.05) is 55.0 Å². The van der Waals surface area contributed by atoms with Gasteiger partial charge >= 0.3 is 6.09 Å². The van der Waals surface area contributed by atoms with Crippen LogP contribution in [0.5, 0.6) is 0 Å². The number of nitrogens with one attached hydrogen (secondary N) is 1. The number of carboxylic acid groups (broad SMARTS) is 1. The molecule has 1 amide bonds. The second-order valence-electron chi connectivity index (χ2n) is 6.74. The van der Waals surface area contributed by atoms with E-state index < -0.39 is 11.9 Å². The maximum absolute atomic E-state index is 14.9. The summed E-state index contributed by atoms with van der Waals surface area (Å²) in [5.41, 5.74) is 7.59. The van der Waals surface area contributed by atoms with Gasteiger partial charge in [-0.3, -0.25) is 5.32 Å². The Labute approximate surface area is 178 Å². The van der Waals surface area contributed by atoms with Gasteiger partial charge in [0.05, 0.1) is 12.3 Å². The molecule has 0 unspecified atom stereocenters. The van der Waals surface area contributed by atoms with E-state index in [0.717, 1.165) is 31.6 Å². The van der Waals surface area contributed by atoms with Crippen molar-refractivity contribution in [1.29, 1.82) is 0 Å². The van der Waals surface area contributed by atoms with Gasteiger partial charge in [-0.25, -0.2) is 24.1 Å². The average Bonchev–Trinajstić information content (AvgIpc) is 2.77. The maximum atomic E-state index is 14.9. The first kappa shape index (κ1) is 21.9. The summed E-state index contributed by atoms with van der Waals surface area (Å²) in [7, 11) is 0. The molecule has 1 fully saturated rings. The van der Waals surface area contributed by atoms with Gasteiger partial charge in [-0.05, 0) is 6.92 Å². The van der Waals surface area contributed by atoms with Crippen molar-refractivity contribution in [3.63, 3.8) is 0 Å². The molecule has 0 aliphatic carbocycles. The molecule has 1 aliphatic heterocycles. The van der Waals surface area contributed by atoms with Gasteiger partial charge in [-0.15, -0.1) is 0 Å². The van der Waals surface area contributed by atoms with Crippen molar-refractivity contribution in [3.05, 3.63) is 42.0 Å². The Kier molecular flexibility index (Phi) is 7.31. The highest BCUT2D eigenvalue weighted by Crippen LogP contribution is 2.25. The van der Waals surface area contributed by atoms with E-state index in [1.165, 1.54) is 0 Å². The number of hydrogen-bond acceptors (Lipinski definition) is 7. The van der Waals surface area contributed by atoms with Gasteiger partial charge in [-0.2, -0.15) is 0 Å². The van der Waals surface area contributed by atoms with Crippen LogP contribution >= 0.6 is 0 Å². The van der Waals surface area contributed by atoms with E-state index in [0.29, 0.717) is 23.7 Å². The minimum Gasteiger partial charge on any atom is -0.465 e. The van der Waals surface area contributed by atoms with Crippen molar-refractivity contribution >= 4 is 23.7 Å². The van der Waals surface area contributed by atoms with Crippen LogP contribution in [-0.4, -0.2) is 52.5 Å². The topological polar surface area (TPSA) is 138 Å². The first-order valence-corrected chi connectivity index (χ1v) is 9.80. The molecule has 4 N–H and O–H groups in total. The molecule has 31 heavy (non-hydrogen) atoms. The van der Waals surface area contributed by atoms with Gasteiger partial charge in [0.15, 0.2) is 5.96 Å². The molecule has 0 bridgehead atoms. The predicted octanol–water partition coefficient (Wildman–Crippen LogP) is 2.36. The van der Waals surface area contributed by atoms with Crippen molar-refractivity contribution in [2.75, 3.05) is 24.6 Å². The number of halogens is 1. The smallest absolute Gasteiger partial charge is 0.411 e. The Morgan fingerprint density at radius 3 is 2.68 bits per heavy atom. The zero-order valence-electron chi connectivity index (χ0n) is 17.1. The van der Waals surface area contributed by atoms with Crippen LogP contribution in [0.25, 0.3) is 11.1 Å². The summed E-state index contributed by atoms with van der Waals surface area (Å²) in [5, 5.41) is 14.6. The highest BCUT2D eigenvalue weighted by atomic mass is 19.1. The van der Waals surface area contributed by atoms with E-state index in [1.54, 1.807) is 30.6 Å². The maximum Gasteiger partial charge on any atom is 0.411 e. The molecule has 0 atom stereocenters. The van der Waals surface area contributed by atoms with Crippen molar-refractivity contribution < 1.29 is 19.1 Å². The Balaban J connectivity index is 1.69. The van der Waals surface area contributed by atoms with Crippen LogP contribution in [0.15, 0.2) is 40.7 Å². The van der Waals surface area contributed by atoms with Crippen LogP contribution in [-0.2, 0) is 11.4 Å². The molecule has 1 aromatic heterocycles. The fraction of sp³-hybridized carbons (Fsp3) is 0.350. The molecule has 2 aromatic rings. The summed E-state index contributed by atoms with van der Waals surface area (Å²) >= 11 is 0. The number of aromatic nitrogens is 2. The van der Waals surface area contributed by atoms with Gasteiger partial charge in [0.2, 0.25) is 5.95 Å². The molecular formula is C20H24FN7O3. The minimum atomic E-state index is -1.33. The number of guanidine groups is 1. The second kappa shape index (κ2) is 10.3. The number of nitrogens with two attached hydrogens (primary N) is 1. The lowest BCUT2D eigenvalue weighted by atomic mass is 10.0. The largest absolute Gasteiger partial charge is 0.465 e. The molecule has 0 saturated carbocycles. The standard InChI is InChI=1S/C20H24FN7O3/c1-2-31-27-15-6-8-28(9-7-15)19-24-11-14(12-25-19)16-5-3-4-13(17(16)21)10-23-18(22)26-20(29)30/h3-5,11-12H,2,6-10H2,1H3,(H,29,30)(H3,22,23,26). The van der Waals surface area contributed by atoms with Crippen LogP contribution in [0.3, 0.4) is 0 Å². The zero-order chi connectivity index (χ0) is 22.2. The minimum absolute atomic E-state index is 0.107. The summed E-state index contributed by atoms with van der Waals surface area (Å²) in [5.74, 6) is -0.214. The van der Waals surface area contributed by atoms with Crippen LogP contribution < -0.4 is 16.0 Å². The van der Waals surface area contributed by atoms with E-state index in [9.17, 15) is 9.18 Å². The number of nitrogens with zero attached hydrogens (tertiary/aromatic N) is 5. The fourth-order valence-electron chi connectivity index (χ4n) is 3.08. The Morgan fingerprint density at radius 2 is 2.03 bits per heavy atom. The van der Waals surface area contributed by atoms with E-state index in [1.807, 2.05) is 12.2 Å². The summed E-state index contributed by atoms with van der Waals surface area (Å²) in [6.07, 6.45) is 3.39. The molecule has 2 heterocycles. The van der Waals surface area contributed by atoms with Gasteiger partial charge in [-0.1, -0.05) is 23.4 Å². The molecule has 3 rings (SSSR count). The number of rotatable bonds is 6. The average molecular weight is 429 g/mol. The molecule has 11 heteroatoms. The molecule has 0 spiro atoms. The van der Waals surface area contributed by atoms with Crippen LogP contribution in [0, 0.1) is 5.82 Å². The van der Waals surface area contributed by atoms with Gasteiger partial charge < -0.3 is 20.6 Å². The highest BCUT2D eigenvalue weighted by Gasteiger charge is 2.18. The molecule has 0 radical (unpaired) electrons. The number of hydrogen-bond donors (Lipinski definition) is 3. The number of anilines is 1. The molecular weight excluding hydrogens is 405 g/mol. The summed E-state index contributed by atoms with van der Waals surface area (Å²) in [6, 6.07) is 4.86. The number of piperidine rings is 1. The predicted molar refractivity (Wildman–Crippen MR) is 114 cm³/mol. The van der Waals surface area contributed by atoms with Crippen molar-refractivity contribution in [3.8, 4) is 11.1 Å². The van der Waals surface area contributed by atoms with E-state index in [4.69, 9.17) is 15.7 Å². The highest BCUT2D eigenvalue weighted by molar-refractivity contribution is 5.92. The molecule has 1 saturated heterocycles. The molecule has 1 aromatic carbocycles. The Morgan fingerprint density at radius 1 is 1.32 bits per heavy atom. The Bertz CT molecular complexity index is 969. The van der Waals surface area contributed by atoms with Crippen molar-refractivity contribution in [2.45, 2.75) is 26.3 Å². The van der Waals surface area contributed by atoms with Crippen molar-refractivity contribution in [2.24, 2.45) is 15.9 Å². The summed E-state index contributed by atoms with van der Waals surface area (Å²) in [6.45, 7) is 3.81. The van der Waals surface area contributed by atoms with E-state index >= 15 is 0 Å². The third kappa shape index (κ3) is 5.87. The monoisotopic (exact) mass is 429 g/mol.